The van der Waals surface area contributed by atoms with Crippen molar-refractivity contribution in [1.29, 1.82) is 0 Å². The van der Waals surface area contributed by atoms with Gasteiger partial charge in [0.1, 0.15) is 11.5 Å². The van der Waals surface area contributed by atoms with E-state index in [9.17, 15) is 22.4 Å². The SMILES string of the molecule is O=C(NCCc1c(F)cccc1Cl)c1ncccc1C(F)(F)F. The van der Waals surface area contributed by atoms with Crippen LogP contribution in [0.2, 0.25) is 5.02 Å². The second-order valence-electron chi connectivity index (χ2n) is 4.60. The Bertz CT molecular complexity index is 699. The summed E-state index contributed by atoms with van der Waals surface area (Å²) in [4.78, 5) is 15.3. The Labute approximate surface area is 134 Å². The lowest BCUT2D eigenvalue weighted by atomic mass is 10.1. The zero-order valence-electron chi connectivity index (χ0n) is 11.6. The molecule has 1 amide bonds. The molecule has 1 N–H and O–H groups in total. The molecule has 0 bridgehead atoms. The summed E-state index contributed by atoms with van der Waals surface area (Å²) in [6.07, 6.45) is -3.54. The number of pyridine rings is 1. The molecule has 3 nitrogen and oxygen atoms in total. The number of carbonyl (C=O) groups excluding carboxylic acids is 1. The molecule has 2 aromatic rings. The van der Waals surface area contributed by atoms with E-state index in [0.29, 0.717) is 0 Å². The van der Waals surface area contributed by atoms with Crippen molar-refractivity contribution in [3.63, 3.8) is 0 Å². The molecule has 0 radical (unpaired) electrons. The normalized spacial score (nSPS) is 11.3. The fourth-order valence-corrected chi connectivity index (χ4v) is 2.23. The number of nitrogens with zero attached hydrogens (tertiary/aromatic N) is 1. The van der Waals surface area contributed by atoms with Crippen molar-refractivity contribution in [3.8, 4) is 0 Å². The molecule has 0 spiro atoms. The maximum absolute atomic E-state index is 13.6. The molecule has 1 aromatic heterocycles. The van der Waals surface area contributed by atoms with Gasteiger partial charge in [-0.15, -0.1) is 0 Å². The smallest absolute Gasteiger partial charge is 0.350 e. The summed E-state index contributed by atoms with van der Waals surface area (Å²) in [6, 6.07) is 6.00. The van der Waals surface area contributed by atoms with Crippen LogP contribution in [0, 0.1) is 5.82 Å². The Kier molecular flexibility index (Phi) is 5.20. The molecule has 23 heavy (non-hydrogen) atoms. The van der Waals surface area contributed by atoms with Crippen molar-refractivity contribution >= 4 is 17.5 Å². The highest BCUT2D eigenvalue weighted by atomic mass is 35.5. The lowest BCUT2D eigenvalue weighted by molar-refractivity contribution is -0.138. The number of hydrogen-bond donors (Lipinski definition) is 1. The average molecular weight is 347 g/mol. The lowest BCUT2D eigenvalue weighted by Crippen LogP contribution is -2.29. The van der Waals surface area contributed by atoms with Crippen molar-refractivity contribution in [1.82, 2.24) is 10.3 Å². The number of amides is 1. The van der Waals surface area contributed by atoms with Crippen LogP contribution in [0.5, 0.6) is 0 Å². The summed E-state index contributed by atoms with van der Waals surface area (Å²) >= 11 is 5.83. The molecule has 0 fully saturated rings. The van der Waals surface area contributed by atoms with E-state index in [-0.39, 0.29) is 23.6 Å². The van der Waals surface area contributed by atoms with Gasteiger partial charge in [-0.3, -0.25) is 9.78 Å². The molecule has 1 aromatic carbocycles. The van der Waals surface area contributed by atoms with Crippen LogP contribution in [0.4, 0.5) is 17.6 Å². The van der Waals surface area contributed by atoms with Crippen molar-refractivity contribution in [2.45, 2.75) is 12.6 Å². The fourth-order valence-electron chi connectivity index (χ4n) is 1.97. The minimum Gasteiger partial charge on any atom is -0.350 e. The second kappa shape index (κ2) is 6.95. The molecule has 2 rings (SSSR count). The highest BCUT2D eigenvalue weighted by Crippen LogP contribution is 2.30. The number of hydrogen-bond acceptors (Lipinski definition) is 2. The van der Waals surface area contributed by atoms with E-state index < -0.39 is 29.2 Å². The largest absolute Gasteiger partial charge is 0.418 e. The van der Waals surface area contributed by atoms with E-state index in [2.05, 4.69) is 10.3 Å². The molecule has 0 saturated heterocycles. The van der Waals surface area contributed by atoms with Crippen LogP contribution < -0.4 is 5.32 Å². The minimum absolute atomic E-state index is 0.0471. The van der Waals surface area contributed by atoms with Crippen LogP contribution in [0.25, 0.3) is 0 Å². The summed E-state index contributed by atoms with van der Waals surface area (Å²) < 4.78 is 52.0. The first-order valence-corrected chi connectivity index (χ1v) is 6.92. The van der Waals surface area contributed by atoms with Crippen LogP contribution >= 0.6 is 11.6 Å². The van der Waals surface area contributed by atoms with E-state index in [1.165, 1.54) is 18.2 Å². The van der Waals surface area contributed by atoms with E-state index >= 15 is 0 Å². The first kappa shape index (κ1) is 17.2. The van der Waals surface area contributed by atoms with Gasteiger partial charge in [0.25, 0.3) is 5.91 Å². The summed E-state index contributed by atoms with van der Waals surface area (Å²) in [5.41, 5.74) is -1.66. The number of halogens is 5. The minimum atomic E-state index is -4.68. The third-order valence-corrected chi connectivity index (χ3v) is 3.40. The third kappa shape index (κ3) is 4.19. The van der Waals surface area contributed by atoms with E-state index in [0.717, 1.165) is 18.3 Å². The fraction of sp³-hybridized carbons (Fsp3) is 0.200. The van der Waals surface area contributed by atoms with Crippen molar-refractivity contribution in [2.75, 3.05) is 6.54 Å². The van der Waals surface area contributed by atoms with E-state index in [1.807, 2.05) is 0 Å². The van der Waals surface area contributed by atoms with Crippen LogP contribution in [-0.2, 0) is 12.6 Å². The monoisotopic (exact) mass is 346 g/mol. The molecular formula is C15H11ClF4N2O. The third-order valence-electron chi connectivity index (χ3n) is 3.05. The average Bonchev–Trinajstić information content (AvgIpc) is 2.49. The number of nitrogens with one attached hydrogen (secondary N) is 1. The molecule has 122 valence electrons. The van der Waals surface area contributed by atoms with Gasteiger partial charge in [-0.2, -0.15) is 13.2 Å². The Morgan fingerprint density at radius 3 is 2.61 bits per heavy atom. The van der Waals surface area contributed by atoms with Gasteiger partial charge in [-0.05, 0) is 30.7 Å². The van der Waals surface area contributed by atoms with Gasteiger partial charge in [0.15, 0.2) is 0 Å². The zero-order chi connectivity index (χ0) is 17.0. The zero-order valence-corrected chi connectivity index (χ0v) is 12.4. The van der Waals surface area contributed by atoms with Gasteiger partial charge in [0, 0.05) is 23.3 Å². The van der Waals surface area contributed by atoms with Crippen molar-refractivity contribution < 1.29 is 22.4 Å². The highest BCUT2D eigenvalue weighted by molar-refractivity contribution is 6.31. The van der Waals surface area contributed by atoms with Gasteiger partial charge in [-0.25, -0.2) is 4.39 Å². The highest BCUT2D eigenvalue weighted by Gasteiger charge is 2.35. The molecule has 0 atom stereocenters. The van der Waals surface area contributed by atoms with Crippen LogP contribution in [0.3, 0.4) is 0 Å². The molecule has 0 saturated carbocycles. The predicted molar refractivity (Wildman–Crippen MR) is 76.7 cm³/mol. The Hall–Kier alpha value is -2.15. The number of carbonyl (C=O) groups is 1. The van der Waals surface area contributed by atoms with Crippen LogP contribution in [0.1, 0.15) is 21.6 Å². The number of aromatic nitrogens is 1. The maximum atomic E-state index is 13.6. The molecule has 0 unspecified atom stereocenters. The summed E-state index contributed by atoms with van der Waals surface area (Å²) in [7, 11) is 0. The van der Waals surface area contributed by atoms with E-state index in [1.54, 1.807) is 0 Å². The Morgan fingerprint density at radius 1 is 1.22 bits per heavy atom. The quantitative estimate of drug-likeness (QED) is 0.854. The molecule has 8 heteroatoms. The van der Waals surface area contributed by atoms with E-state index in [4.69, 9.17) is 11.6 Å². The van der Waals surface area contributed by atoms with Crippen LogP contribution in [0.15, 0.2) is 36.5 Å². The molecule has 1 heterocycles. The first-order valence-electron chi connectivity index (χ1n) is 6.54. The maximum Gasteiger partial charge on any atom is 0.418 e. The summed E-state index contributed by atoms with van der Waals surface area (Å²) in [5, 5.41) is 2.48. The Morgan fingerprint density at radius 2 is 1.96 bits per heavy atom. The van der Waals surface area contributed by atoms with Crippen LogP contribution in [-0.4, -0.2) is 17.4 Å². The molecule has 0 aliphatic heterocycles. The molecular weight excluding hydrogens is 336 g/mol. The first-order chi connectivity index (χ1) is 10.8. The topological polar surface area (TPSA) is 42.0 Å². The number of benzene rings is 1. The van der Waals surface area contributed by atoms with Gasteiger partial charge in [-0.1, -0.05) is 17.7 Å². The van der Waals surface area contributed by atoms with Crippen molar-refractivity contribution in [2.24, 2.45) is 0 Å². The summed E-state index contributed by atoms with van der Waals surface area (Å²) in [6.45, 7) is -0.0760. The second-order valence-corrected chi connectivity index (χ2v) is 5.01. The Balaban J connectivity index is 2.07. The van der Waals surface area contributed by atoms with Gasteiger partial charge in [0.05, 0.1) is 5.56 Å². The standard InChI is InChI=1S/C15H11ClF4N2O/c16-11-4-1-5-12(17)9(11)6-8-22-14(23)13-10(15(18,19)20)3-2-7-21-13/h1-5,7H,6,8H2,(H,22,23). The molecule has 0 aliphatic rings. The lowest BCUT2D eigenvalue weighted by Gasteiger charge is -2.12. The van der Waals surface area contributed by atoms with Gasteiger partial charge in [0.2, 0.25) is 0 Å². The van der Waals surface area contributed by atoms with Gasteiger partial charge < -0.3 is 5.32 Å². The van der Waals surface area contributed by atoms with Gasteiger partial charge >= 0.3 is 6.18 Å². The number of alkyl halides is 3. The summed E-state index contributed by atoms with van der Waals surface area (Å²) in [5.74, 6) is -1.52. The number of rotatable bonds is 4. The van der Waals surface area contributed by atoms with Crippen molar-refractivity contribution in [3.05, 3.63) is 64.2 Å². The predicted octanol–water partition coefficient (Wildman–Crippen LogP) is 3.87. The molecule has 0 aliphatic carbocycles.